The molecule has 0 aromatic heterocycles. The van der Waals surface area contributed by atoms with E-state index in [-0.39, 0.29) is 18.3 Å². The molecule has 1 fully saturated rings. The van der Waals surface area contributed by atoms with E-state index in [0.29, 0.717) is 32.5 Å². The molecule has 22 heavy (non-hydrogen) atoms. The molecule has 1 aliphatic heterocycles. The van der Waals surface area contributed by atoms with Crippen LogP contribution in [0.5, 0.6) is 0 Å². The van der Waals surface area contributed by atoms with Crippen LogP contribution in [0, 0.1) is 6.92 Å². The molecule has 0 bridgehead atoms. The Morgan fingerprint density at radius 2 is 1.86 bits per heavy atom. The Morgan fingerprint density at radius 1 is 1.27 bits per heavy atom. The largest absolute Gasteiger partial charge is 0.351 e. The SMILES string of the molecule is Cc1ccccc1CNC(=O)C1(S(C)(=O)=O)CCNCC1.Cl. The Labute approximate surface area is 138 Å². The van der Waals surface area contributed by atoms with E-state index in [0.717, 1.165) is 17.4 Å². The van der Waals surface area contributed by atoms with Crippen molar-refractivity contribution < 1.29 is 13.2 Å². The first-order valence-electron chi connectivity index (χ1n) is 7.10. The van der Waals surface area contributed by atoms with Gasteiger partial charge in [0.2, 0.25) is 5.91 Å². The van der Waals surface area contributed by atoms with Crippen molar-refractivity contribution in [3.8, 4) is 0 Å². The van der Waals surface area contributed by atoms with Crippen LogP contribution < -0.4 is 10.6 Å². The molecule has 2 N–H and O–H groups in total. The van der Waals surface area contributed by atoms with Gasteiger partial charge in [0.25, 0.3) is 0 Å². The fraction of sp³-hybridized carbons (Fsp3) is 0.533. The van der Waals surface area contributed by atoms with Crippen LogP contribution in [0.1, 0.15) is 24.0 Å². The van der Waals surface area contributed by atoms with Gasteiger partial charge in [-0.05, 0) is 44.0 Å². The summed E-state index contributed by atoms with van der Waals surface area (Å²) in [7, 11) is -3.45. The lowest BCUT2D eigenvalue weighted by atomic mass is 9.95. The van der Waals surface area contributed by atoms with Crippen molar-refractivity contribution in [2.45, 2.75) is 31.1 Å². The van der Waals surface area contributed by atoms with Crippen molar-refractivity contribution in [3.63, 3.8) is 0 Å². The summed E-state index contributed by atoms with van der Waals surface area (Å²) in [4.78, 5) is 12.5. The Balaban J connectivity index is 0.00000242. The monoisotopic (exact) mass is 346 g/mol. The van der Waals surface area contributed by atoms with Gasteiger partial charge in [-0.3, -0.25) is 4.79 Å². The molecular formula is C15H23ClN2O3S. The van der Waals surface area contributed by atoms with Crippen molar-refractivity contribution in [2.24, 2.45) is 0 Å². The topological polar surface area (TPSA) is 75.3 Å². The number of nitrogens with one attached hydrogen (secondary N) is 2. The summed E-state index contributed by atoms with van der Waals surface area (Å²) in [5.74, 6) is -0.380. The highest BCUT2D eigenvalue weighted by Crippen LogP contribution is 2.28. The van der Waals surface area contributed by atoms with Crippen LogP contribution in [-0.2, 0) is 21.2 Å². The van der Waals surface area contributed by atoms with E-state index in [9.17, 15) is 13.2 Å². The van der Waals surface area contributed by atoms with Crippen LogP contribution in [0.4, 0.5) is 0 Å². The first-order chi connectivity index (χ1) is 9.87. The molecule has 7 heteroatoms. The molecule has 0 aliphatic carbocycles. The molecule has 1 heterocycles. The average molecular weight is 347 g/mol. The van der Waals surface area contributed by atoms with Crippen molar-refractivity contribution in [2.75, 3.05) is 19.3 Å². The number of rotatable bonds is 4. The van der Waals surface area contributed by atoms with E-state index >= 15 is 0 Å². The molecule has 1 aromatic carbocycles. The zero-order valence-corrected chi connectivity index (χ0v) is 14.5. The zero-order chi connectivity index (χ0) is 15.5. The highest BCUT2D eigenvalue weighted by atomic mass is 35.5. The lowest BCUT2D eigenvalue weighted by molar-refractivity contribution is -0.124. The van der Waals surface area contributed by atoms with Crippen molar-refractivity contribution in [1.82, 2.24) is 10.6 Å². The van der Waals surface area contributed by atoms with E-state index in [4.69, 9.17) is 0 Å². The Morgan fingerprint density at radius 3 is 2.41 bits per heavy atom. The Kier molecular flexibility index (Phi) is 6.40. The van der Waals surface area contributed by atoms with Crippen LogP contribution in [0.15, 0.2) is 24.3 Å². The zero-order valence-electron chi connectivity index (χ0n) is 12.9. The third-order valence-corrected chi connectivity index (χ3v) is 6.25. The number of piperidine rings is 1. The summed E-state index contributed by atoms with van der Waals surface area (Å²) in [6, 6.07) is 7.75. The predicted octanol–water partition coefficient (Wildman–Crippen LogP) is 1.20. The number of hydrogen-bond acceptors (Lipinski definition) is 4. The lowest BCUT2D eigenvalue weighted by Crippen LogP contribution is -2.57. The Hall–Kier alpha value is -1.11. The molecule has 124 valence electrons. The second kappa shape index (κ2) is 7.44. The molecule has 0 atom stereocenters. The van der Waals surface area contributed by atoms with Crippen LogP contribution in [0.3, 0.4) is 0 Å². The smallest absolute Gasteiger partial charge is 0.241 e. The van der Waals surface area contributed by atoms with Gasteiger partial charge >= 0.3 is 0 Å². The third kappa shape index (κ3) is 3.80. The second-order valence-corrected chi connectivity index (χ2v) is 7.95. The van der Waals surface area contributed by atoms with Gasteiger partial charge < -0.3 is 10.6 Å². The van der Waals surface area contributed by atoms with Gasteiger partial charge in [-0.2, -0.15) is 0 Å². The fourth-order valence-electron chi connectivity index (χ4n) is 2.74. The molecule has 1 saturated heterocycles. The second-order valence-electron chi connectivity index (χ2n) is 5.63. The predicted molar refractivity (Wildman–Crippen MR) is 90.0 cm³/mol. The highest BCUT2D eigenvalue weighted by Gasteiger charge is 2.48. The first kappa shape index (κ1) is 18.9. The first-order valence-corrected chi connectivity index (χ1v) is 8.99. The van der Waals surface area contributed by atoms with Gasteiger partial charge in [0.1, 0.15) is 0 Å². The maximum absolute atomic E-state index is 12.5. The number of aryl methyl sites for hydroxylation is 1. The number of halogens is 1. The number of hydrogen-bond donors (Lipinski definition) is 2. The molecule has 0 spiro atoms. The van der Waals surface area contributed by atoms with Crippen molar-refractivity contribution in [1.29, 1.82) is 0 Å². The number of sulfone groups is 1. The minimum atomic E-state index is -3.45. The van der Waals surface area contributed by atoms with Crippen LogP contribution in [0.25, 0.3) is 0 Å². The van der Waals surface area contributed by atoms with Gasteiger partial charge in [0.05, 0.1) is 0 Å². The lowest BCUT2D eigenvalue weighted by Gasteiger charge is -2.34. The van der Waals surface area contributed by atoms with Crippen LogP contribution >= 0.6 is 12.4 Å². The van der Waals surface area contributed by atoms with E-state index in [2.05, 4.69) is 10.6 Å². The van der Waals surface area contributed by atoms with E-state index in [1.165, 1.54) is 0 Å². The van der Waals surface area contributed by atoms with Crippen molar-refractivity contribution >= 4 is 28.2 Å². The minimum absolute atomic E-state index is 0. The van der Waals surface area contributed by atoms with Gasteiger partial charge in [-0.1, -0.05) is 24.3 Å². The highest BCUT2D eigenvalue weighted by molar-refractivity contribution is 7.92. The van der Waals surface area contributed by atoms with Gasteiger partial charge in [-0.25, -0.2) is 8.42 Å². The molecule has 0 saturated carbocycles. The maximum atomic E-state index is 12.5. The number of carbonyl (C=O) groups excluding carboxylic acids is 1. The van der Waals surface area contributed by atoms with E-state index < -0.39 is 14.6 Å². The average Bonchev–Trinajstić information content (AvgIpc) is 2.45. The normalized spacial score (nSPS) is 17.4. The minimum Gasteiger partial charge on any atom is -0.351 e. The molecule has 5 nitrogen and oxygen atoms in total. The fourth-order valence-corrected chi connectivity index (χ4v) is 4.10. The summed E-state index contributed by atoms with van der Waals surface area (Å²) in [5.41, 5.74) is 2.08. The summed E-state index contributed by atoms with van der Waals surface area (Å²) >= 11 is 0. The molecule has 1 amide bonds. The van der Waals surface area contributed by atoms with Gasteiger partial charge in [-0.15, -0.1) is 12.4 Å². The maximum Gasteiger partial charge on any atom is 0.241 e. The molecule has 0 unspecified atom stereocenters. The number of carbonyl (C=O) groups is 1. The summed E-state index contributed by atoms with van der Waals surface area (Å²) < 4.78 is 23.0. The van der Waals surface area contributed by atoms with Crippen LogP contribution in [-0.4, -0.2) is 38.4 Å². The molecular weight excluding hydrogens is 324 g/mol. The molecule has 1 aromatic rings. The van der Waals surface area contributed by atoms with E-state index in [1.54, 1.807) is 0 Å². The number of benzene rings is 1. The molecule has 2 rings (SSSR count). The van der Waals surface area contributed by atoms with Gasteiger partial charge in [0.15, 0.2) is 14.6 Å². The molecule has 0 radical (unpaired) electrons. The van der Waals surface area contributed by atoms with Crippen molar-refractivity contribution in [3.05, 3.63) is 35.4 Å². The summed E-state index contributed by atoms with van der Waals surface area (Å²) in [5, 5.41) is 5.92. The standard InChI is InChI=1S/C15H22N2O3S.ClH/c1-12-5-3-4-6-13(12)11-17-14(18)15(21(2,19)20)7-9-16-10-8-15;/h3-6,16H,7-11H2,1-2H3,(H,17,18);1H. The number of amides is 1. The quantitative estimate of drug-likeness (QED) is 0.859. The summed E-state index contributed by atoms with van der Waals surface area (Å²) in [6.45, 7) is 3.42. The summed E-state index contributed by atoms with van der Waals surface area (Å²) in [6.07, 6.45) is 1.81. The van der Waals surface area contributed by atoms with Crippen LogP contribution in [0.2, 0.25) is 0 Å². The Bertz CT molecular complexity index is 625. The molecule has 1 aliphatic rings. The third-order valence-electron chi connectivity index (χ3n) is 4.24. The van der Waals surface area contributed by atoms with Gasteiger partial charge in [0, 0.05) is 12.8 Å². The van der Waals surface area contributed by atoms with E-state index in [1.807, 2.05) is 31.2 Å².